The molecule has 0 saturated carbocycles. The van der Waals surface area contributed by atoms with Gasteiger partial charge in [0.1, 0.15) is 16.5 Å². The number of hydrogen-bond acceptors (Lipinski definition) is 4. The third-order valence-corrected chi connectivity index (χ3v) is 7.46. The van der Waals surface area contributed by atoms with E-state index in [1.807, 2.05) is 13.8 Å². The summed E-state index contributed by atoms with van der Waals surface area (Å²) < 4.78 is 48.2. The number of fused-ring (bicyclic) bond motifs is 1. The Morgan fingerprint density at radius 2 is 1.70 bits per heavy atom. The van der Waals surface area contributed by atoms with Crippen LogP contribution in [0.3, 0.4) is 0 Å². The van der Waals surface area contributed by atoms with Crippen LogP contribution in [0.15, 0.2) is 87.5 Å². The number of ether oxygens (including phenoxy) is 1. The smallest absolute Gasteiger partial charge is 0.211 e. The first-order chi connectivity index (χ1) is 15.7. The minimum Gasteiger partial charge on any atom is -0.497 e. The molecule has 0 aliphatic heterocycles. The molecule has 4 aromatic rings. The molecule has 0 bridgehead atoms. The molecule has 0 spiro atoms. The van der Waals surface area contributed by atoms with Gasteiger partial charge in [-0.05, 0) is 47.9 Å². The van der Waals surface area contributed by atoms with E-state index >= 15 is 0 Å². The Bertz CT molecular complexity index is 1490. The van der Waals surface area contributed by atoms with E-state index in [0.29, 0.717) is 16.8 Å². The largest absolute Gasteiger partial charge is 0.497 e. The molecular formula is C26H24FNO4S. The second-order valence-corrected chi connectivity index (χ2v) is 10.1. The summed E-state index contributed by atoms with van der Waals surface area (Å²) in [5.74, 6) is 0.257. The van der Waals surface area contributed by atoms with E-state index in [2.05, 4.69) is 0 Å². The lowest BCUT2D eigenvalue weighted by Gasteiger charge is -2.15. The molecule has 4 rings (SSSR count). The lowest BCUT2D eigenvalue weighted by Crippen LogP contribution is -2.20. The third-order valence-electron chi connectivity index (χ3n) is 5.70. The van der Waals surface area contributed by atoms with E-state index in [1.165, 1.54) is 37.6 Å². The maximum absolute atomic E-state index is 14.4. The van der Waals surface area contributed by atoms with Crippen LogP contribution in [0.25, 0.3) is 10.9 Å². The maximum atomic E-state index is 14.4. The number of pyridine rings is 1. The van der Waals surface area contributed by atoms with Gasteiger partial charge in [0.15, 0.2) is 0 Å². The second kappa shape index (κ2) is 8.83. The Morgan fingerprint density at radius 1 is 1.00 bits per heavy atom. The van der Waals surface area contributed by atoms with Gasteiger partial charge in [-0.25, -0.2) is 12.8 Å². The zero-order chi connectivity index (χ0) is 23.8. The van der Waals surface area contributed by atoms with Crippen molar-refractivity contribution in [1.29, 1.82) is 0 Å². The Balaban J connectivity index is 1.95. The van der Waals surface area contributed by atoms with Gasteiger partial charge in [-0.3, -0.25) is 4.79 Å². The van der Waals surface area contributed by atoms with Gasteiger partial charge in [-0.2, -0.15) is 0 Å². The number of aromatic nitrogens is 1. The van der Waals surface area contributed by atoms with Crippen LogP contribution in [-0.2, 0) is 16.4 Å². The molecule has 170 valence electrons. The fraction of sp³-hybridized carbons (Fsp3) is 0.192. The number of methoxy groups -OCH3 is 1. The lowest BCUT2D eigenvalue weighted by molar-refractivity contribution is 0.415. The number of sulfone groups is 1. The molecule has 0 radical (unpaired) electrons. The molecule has 1 heterocycles. The highest BCUT2D eigenvalue weighted by molar-refractivity contribution is 7.91. The number of halogens is 1. The summed E-state index contributed by atoms with van der Waals surface area (Å²) in [4.78, 5) is 13.0. The zero-order valence-corrected chi connectivity index (χ0v) is 19.4. The summed E-state index contributed by atoms with van der Waals surface area (Å²) in [6.07, 6.45) is 1.30. The first kappa shape index (κ1) is 22.7. The first-order valence-corrected chi connectivity index (χ1v) is 12.0. The van der Waals surface area contributed by atoms with Gasteiger partial charge in [0, 0.05) is 11.8 Å². The monoisotopic (exact) mass is 465 g/mol. The van der Waals surface area contributed by atoms with Crippen LogP contribution in [-0.4, -0.2) is 20.1 Å². The van der Waals surface area contributed by atoms with Gasteiger partial charge in [0.05, 0.1) is 29.5 Å². The van der Waals surface area contributed by atoms with Crippen molar-refractivity contribution in [2.45, 2.75) is 36.1 Å². The molecule has 0 fully saturated rings. The number of rotatable bonds is 6. The van der Waals surface area contributed by atoms with E-state index in [1.54, 1.807) is 47.0 Å². The molecule has 7 heteroatoms. The predicted octanol–water partition coefficient (Wildman–Crippen LogP) is 5.15. The van der Waals surface area contributed by atoms with Crippen molar-refractivity contribution in [3.63, 3.8) is 0 Å². The fourth-order valence-corrected chi connectivity index (χ4v) is 5.14. The van der Waals surface area contributed by atoms with E-state index < -0.39 is 21.1 Å². The van der Waals surface area contributed by atoms with Crippen LogP contribution in [0, 0.1) is 5.82 Å². The Morgan fingerprint density at radius 3 is 2.33 bits per heavy atom. The lowest BCUT2D eigenvalue weighted by atomic mass is 10.0. The molecule has 0 unspecified atom stereocenters. The summed E-state index contributed by atoms with van der Waals surface area (Å²) >= 11 is 0. The minimum atomic E-state index is -4.12. The Labute approximate surface area is 192 Å². The highest BCUT2D eigenvalue weighted by atomic mass is 32.2. The van der Waals surface area contributed by atoms with Gasteiger partial charge in [-0.1, -0.05) is 44.2 Å². The fourth-order valence-electron chi connectivity index (χ4n) is 3.77. The normalized spacial score (nSPS) is 11.8. The van der Waals surface area contributed by atoms with Gasteiger partial charge in [-0.15, -0.1) is 0 Å². The molecule has 0 aliphatic carbocycles. The molecule has 1 aromatic heterocycles. The Hall–Kier alpha value is -3.45. The number of hydrogen-bond donors (Lipinski definition) is 0. The van der Waals surface area contributed by atoms with Gasteiger partial charge < -0.3 is 9.30 Å². The molecular weight excluding hydrogens is 441 g/mol. The molecule has 33 heavy (non-hydrogen) atoms. The van der Waals surface area contributed by atoms with Crippen LogP contribution in [0.4, 0.5) is 4.39 Å². The van der Waals surface area contributed by atoms with Gasteiger partial charge in [0.25, 0.3) is 0 Å². The van der Waals surface area contributed by atoms with Crippen LogP contribution < -0.4 is 10.2 Å². The predicted molar refractivity (Wildman–Crippen MR) is 126 cm³/mol. The topological polar surface area (TPSA) is 65.4 Å². The minimum absolute atomic E-state index is 0.0312. The van der Waals surface area contributed by atoms with Crippen molar-refractivity contribution in [2.24, 2.45) is 0 Å². The SMILES string of the molecule is COc1ccc2c(c1)c(=O)c(S(=O)(=O)c1ccc(C(C)C)cc1)cn2Cc1ccccc1F. The van der Waals surface area contributed by atoms with Crippen LogP contribution in [0.2, 0.25) is 0 Å². The molecule has 0 saturated heterocycles. The molecule has 0 N–H and O–H groups in total. The molecule has 5 nitrogen and oxygen atoms in total. The maximum Gasteiger partial charge on any atom is 0.211 e. The van der Waals surface area contributed by atoms with Crippen molar-refractivity contribution in [1.82, 2.24) is 4.57 Å². The first-order valence-electron chi connectivity index (χ1n) is 10.5. The van der Waals surface area contributed by atoms with Crippen molar-refractivity contribution < 1.29 is 17.5 Å². The van der Waals surface area contributed by atoms with Crippen molar-refractivity contribution >= 4 is 20.7 Å². The molecule has 0 amide bonds. The molecule has 3 aromatic carbocycles. The second-order valence-electron chi connectivity index (χ2n) is 8.15. The van der Waals surface area contributed by atoms with E-state index in [0.717, 1.165) is 5.56 Å². The van der Waals surface area contributed by atoms with Crippen molar-refractivity contribution in [3.8, 4) is 5.75 Å². The summed E-state index contributed by atoms with van der Waals surface area (Å²) in [5, 5.41) is 0.186. The summed E-state index contributed by atoms with van der Waals surface area (Å²) in [6, 6.07) is 17.7. The van der Waals surface area contributed by atoms with Crippen molar-refractivity contribution in [3.05, 3.63) is 100 Å². The average Bonchev–Trinajstić information content (AvgIpc) is 2.81. The highest BCUT2D eigenvalue weighted by Gasteiger charge is 2.24. The van der Waals surface area contributed by atoms with Crippen LogP contribution >= 0.6 is 0 Å². The quantitative estimate of drug-likeness (QED) is 0.395. The number of nitrogens with zero attached hydrogens (tertiary/aromatic N) is 1. The van der Waals surface area contributed by atoms with E-state index in [9.17, 15) is 17.6 Å². The van der Waals surface area contributed by atoms with E-state index in [4.69, 9.17) is 4.74 Å². The average molecular weight is 466 g/mol. The standard InChI is InChI=1S/C26H24FNO4S/c1-17(2)18-8-11-21(12-9-18)33(30,31)25-16-28(15-19-6-4-5-7-23(19)27)24-13-10-20(32-3)14-22(24)26(25)29/h4-14,16-17H,15H2,1-3H3. The third kappa shape index (κ3) is 4.28. The number of benzene rings is 3. The summed E-state index contributed by atoms with van der Waals surface area (Å²) in [7, 11) is -2.65. The highest BCUT2D eigenvalue weighted by Crippen LogP contribution is 2.26. The van der Waals surface area contributed by atoms with Crippen molar-refractivity contribution in [2.75, 3.05) is 7.11 Å². The van der Waals surface area contributed by atoms with Crippen LogP contribution in [0.1, 0.15) is 30.9 Å². The summed E-state index contributed by atoms with van der Waals surface area (Å²) in [6.45, 7) is 4.09. The van der Waals surface area contributed by atoms with E-state index in [-0.39, 0.29) is 27.6 Å². The summed E-state index contributed by atoms with van der Waals surface area (Å²) in [5.41, 5.74) is 1.23. The van der Waals surface area contributed by atoms with Crippen LogP contribution in [0.5, 0.6) is 5.75 Å². The molecule has 0 aliphatic rings. The van der Waals surface area contributed by atoms with Gasteiger partial charge in [0.2, 0.25) is 15.3 Å². The molecule has 0 atom stereocenters. The Kier molecular flexibility index (Phi) is 6.08. The zero-order valence-electron chi connectivity index (χ0n) is 18.6. The van der Waals surface area contributed by atoms with Gasteiger partial charge >= 0.3 is 0 Å².